The van der Waals surface area contributed by atoms with Crippen molar-refractivity contribution < 1.29 is 0 Å². The monoisotopic (exact) mass is 204 g/mol. The molecule has 0 bridgehead atoms. The lowest BCUT2D eigenvalue weighted by Gasteiger charge is -2.14. The fourth-order valence-corrected chi connectivity index (χ4v) is 2.66. The number of amidine groups is 1. The van der Waals surface area contributed by atoms with E-state index in [1.807, 2.05) is 0 Å². The van der Waals surface area contributed by atoms with Gasteiger partial charge in [-0.25, -0.2) is 10.3 Å². The molecule has 0 spiro atoms. The third kappa shape index (κ3) is 1.93. The smallest absolute Gasteiger partial charge is 0.142 e. The van der Waals surface area contributed by atoms with E-state index in [9.17, 15) is 0 Å². The van der Waals surface area contributed by atoms with Gasteiger partial charge in [0.25, 0.3) is 0 Å². The molecule has 0 unspecified atom stereocenters. The van der Waals surface area contributed by atoms with Crippen LogP contribution in [0.15, 0.2) is 16.4 Å². The van der Waals surface area contributed by atoms with E-state index in [1.165, 1.54) is 50.2 Å². The van der Waals surface area contributed by atoms with E-state index in [4.69, 9.17) is 0 Å². The highest BCUT2D eigenvalue weighted by Crippen LogP contribution is 2.28. The zero-order valence-electron chi connectivity index (χ0n) is 9.21. The number of hydrogen-bond acceptors (Lipinski definition) is 2. The summed E-state index contributed by atoms with van der Waals surface area (Å²) in [5, 5.41) is 4.66. The second-order valence-corrected chi connectivity index (χ2v) is 4.72. The van der Waals surface area contributed by atoms with Gasteiger partial charge in [-0.1, -0.05) is 0 Å². The third-order valence-electron chi connectivity index (χ3n) is 3.50. The van der Waals surface area contributed by atoms with Crippen molar-refractivity contribution in [2.24, 2.45) is 4.99 Å². The molecule has 3 rings (SSSR count). The lowest BCUT2D eigenvalue weighted by Crippen LogP contribution is -2.30. The average molecular weight is 204 g/mol. The van der Waals surface area contributed by atoms with Gasteiger partial charge in [-0.15, -0.1) is 0 Å². The van der Waals surface area contributed by atoms with E-state index in [1.54, 1.807) is 0 Å². The first-order valence-electron chi connectivity index (χ1n) is 6.15. The number of allylic oxidation sites excluding steroid dienone is 2. The van der Waals surface area contributed by atoms with Crippen LogP contribution in [0.2, 0.25) is 0 Å². The molecule has 0 amide bonds. The van der Waals surface area contributed by atoms with Crippen LogP contribution in [0.4, 0.5) is 0 Å². The van der Waals surface area contributed by atoms with Crippen molar-refractivity contribution in [1.82, 2.24) is 10.2 Å². The first kappa shape index (κ1) is 9.40. The van der Waals surface area contributed by atoms with Crippen molar-refractivity contribution in [1.29, 1.82) is 0 Å². The van der Waals surface area contributed by atoms with Crippen LogP contribution in [-0.2, 0) is 0 Å². The molecule has 0 atom stereocenters. The molecule has 3 heteroatoms. The predicted molar refractivity (Wildman–Crippen MR) is 60.7 cm³/mol. The minimum atomic E-state index is 0.979. The Morgan fingerprint density at radius 1 is 0.933 bits per heavy atom. The number of likely N-dealkylation sites (tertiary alicyclic amines) is 1. The Morgan fingerprint density at radius 3 is 2.40 bits per heavy atom. The van der Waals surface area contributed by atoms with Gasteiger partial charge in [-0.2, -0.15) is 0 Å². The second kappa shape index (κ2) is 3.97. The summed E-state index contributed by atoms with van der Waals surface area (Å²) < 4.78 is 0. The van der Waals surface area contributed by atoms with Gasteiger partial charge in [-0.05, 0) is 51.6 Å². The van der Waals surface area contributed by atoms with Gasteiger partial charge in [-0.3, -0.25) is 4.90 Å². The first-order valence-corrected chi connectivity index (χ1v) is 6.15. The molecule has 1 saturated heterocycles. The molecule has 0 saturated carbocycles. The molecular weight excluding hydrogens is 186 g/mol. The zero-order valence-corrected chi connectivity index (χ0v) is 9.21. The molecule has 2 heterocycles. The Labute approximate surface area is 91.3 Å². The number of hydrogen-bond donors (Lipinski definition) is 0. The molecule has 1 aliphatic carbocycles. The normalized spacial score (nSPS) is 26.5. The van der Waals surface area contributed by atoms with Crippen molar-refractivity contribution >= 4 is 5.84 Å². The van der Waals surface area contributed by atoms with E-state index in [-0.39, 0.29) is 0 Å². The molecule has 81 valence electrons. The second-order valence-electron chi connectivity index (χ2n) is 4.72. The standard InChI is InChI=1S/C12H18N3/c1-2-6-11-10(5-1)13-12(14-11)9-15-7-3-4-8-15/h1-9H2. The summed E-state index contributed by atoms with van der Waals surface area (Å²) in [6.45, 7) is 3.45. The molecule has 0 aromatic heterocycles. The Morgan fingerprint density at radius 2 is 1.67 bits per heavy atom. The Bertz CT molecular complexity index is 311. The highest BCUT2D eigenvalue weighted by atomic mass is 15.2. The summed E-state index contributed by atoms with van der Waals surface area (Å²) in [6, 6.07) is 0. The Balaban J connectivity index is 1.61. The van der Waals surface area contributed by atoms with Crippen LogP contribution < -0.4 is 5.32 Å². The maximum atomic E-state index is 4.66. The average Bonchev–Trinajstić information content (AvgIpc) is 2.86. The van der Waals surface area contributed by atoms with Gasteiger partial charge >= 0.3 is 0 Å². The Kier molecular flexibility index (Phi) is 2.49. The molecular formula is C12H18N3. The van der Waals surface area contributed by atoms with Gasteiger partial charge in [0.1, 0.15) is 5.84 Å². The summed E-state index contributed by atoms with van der Waals surface area (Å²) in [5.74, 6) is 1.07. The van der Waals surface area contributed by atoms with E-state index < -0.39 is 0 Å². The SMILES string of the molecule is C1CCC2=C(C1)[N]C(CN1CCCC1)=N2. The van der Waals surface area contributed by atoms with Crippen LogP contribution >= 0.6 is 0 Å². The minimum absolute atomic E-state index is 0.979. The van der Waals surface area contributed by atoms with Crippen LogP contribution in [0.25, 0.3) is 0 Å². The molecule has 1 radical (unpaired) electrons. The molecule has 3 nitrogen and oxygen atoms in total. The topological polar surface area (TPSA) is 29.7 Å². The van der Waals surface area contributed by atoms with Crippen molar-refractivity contribution in [3.8, 4) is 0 Å². The highest BCUT2D eigenvalue weighted by Gasteiger charge is 2.23. The highest BCUT2D eigenvalue weighted by molar-refractivity contribution is 5.88. The summed E-state index contributed by atoms with van der Waals surface area (Å²) in [6.07, 6.45) is 7.61. The molecule has 3 aliphatic rings. The molecule has 0 N–H and O–H groups in total. The van der Waals surface area contributed by atoms with Gasteiger partial charge < -0.3 is 0 Å². The molecule has 0 aromatic rings. The van der Waals surface area contributed by atoms with E-state index in [0.29, 0.717) is 0 Å². The zero-order chi connectivity index (χ0) is 10.1. The van der Waals surface area contributed by atoms with Crippen molar-refractivity contribution in [2.75, 3.05) is 19.6 Å². The maximum Gasteiger partial charge on any atom is 0.142 e. The van der Waals surface area contributed by atoms with E-state index in [2.05, 4.69) is 15.2 Å². The van der Waals surface area contributed by atoms with Crippen LogP contribution in [-0.4, -0.2) is 30.4 Å². The minimum Gasteiger partial charge on any atom is -0.296 e. The van der Waals surface area contributed by atoms with E-state index >= 15 is 0 Å². The van der Waals surface area contributed by atoms with Crippen LogP contribution in [0.3, 0.4) is 0 Å². The third-order valence-corrected chi connectivity index (χ3v) is 3.50. The Hall–Kier alpha value is -0.830. The summed E-state index contributed by atoms with van der Waals surface area (Å²) >= 11 is 0. The molecule has 15 heavy (non-hydrogen) atoms. The van der Waals surface area contributed by atoms with Crippen LogP contribution in [0.5, 0.6) is 0 Å². The summed E-state index contributed by atoms with van der Waals surface area (Å²) in [5.41, 5.74) is 2.57. The number of aliphatic imine (C=N–C) groups is 1. The maximum absolute atomic E-state index is 4.66. The lowest BCUT2D eigenvalue weighted by molar-refractivity contribution is 0.385. The predicted octanol–water partition coefficient (Wildman–Crippen LogP) is 1.88. The van der Waals surface area contributed by atoms with Crippen molar-refractivity contribution in [3.63, 3.8) is 0 Å². The van der Waals surface area contributed by atoms with Gasteiger partial charge in [0.05, 0.1) is 17.9 Å². The largest absolute Gasteiger partial charge is 0.296 e. The summed E-state index contributed by atoms with van der Waals surface area (Å²) in [7, 11) is 0. The van der Waals surface area contributed by atoms with E-state index in [0.717, 1.165) is 25.2 Å². The fraction of sp³-hybridized carbons (Fsp3) is 0.750. The van der Waals surface area contributed by atoms with Crippen molar-refractivity contribution in [2.45, 2.75) is 38.5 Å². The van der Waals surface area contributed by atoms with Crippen LogP contribution in [0, 0.1) is 0 Å². The number of rotatable bonds is 2. The van der Waals surface area contributed by atoms with Crippen LogP contribution in [0.1, 0.15) is 38.5 Å². The fourth-order valence-electron chi connectivity index (χ4n) is 2.66. The summed E-state index contributed by atoms with van der Waals surface area (Å²) in [4.78, 5) is 7.13. The lowest BCUT2D eigenvalue weighted by atomic mass is 10.0. The molecule has 0 aromatic carbocycles. The quantitative estimate of drug-likeness (QED) is 0.675. The van der Waals surface area contributed by atoms with Crippen molar-refractivity contribution in [3.05, 3.63) is 11.4 Å². The molecule has 1 fully saturated rings. The molecule has 2 aliphatic heterocycles. The van der Waals surface area contributed by atoms with Gasteiger partial charge in [0.2, 0.25) is 0 Å². The number of nitrogens with zero attached hydrogens (tertiary/aromatic N) is 3. The van der Waals surface area contributed by atoms with Gasteiger partial charge in [0, 0.05) is 0 Å². The first-order chi connectivity index (χ1) is 7.42. The van der Waals surface area contributed by atoms with Gasteiger partial charge in [0.15, 0.2) is 0 Å².